The van der Waals surface area contributed by atoms with Crippen LogP contribution in [0.3, 0.4) is 0 Å². The van der Waals surface area contributed by atoms with Gasteiger partial charge in [0.2, 0.25) is 30.1 Å². The van der Waals surface area contributed by atoms with Crippen LogP contribution in [-0.2, 0) is 78.5 Å². The summed E-state index contributed by atoms with van der Waals surface area (Å²) in [4.78, 5) is 35.7. The van der Waals surface area contributed by atoms with E-state index in [4.69, 9.17) is 86.8 Å². The summed E-state index contributed by atoms with van der Waals surface area (Å²) in [6.45, 7) is 14.0. The molecule has 4 rings (SSSR count). The van der Waals surface area contributed by atoms with Crippen molar-refractivity contribution in [3.63, 3.8) is 0 Å². The molecule has 0 unspecified atom stereocenters. The number of nitrogens with one attached hydrogen (secondary N) is 2. The van der Waals surface area contributed by atoms with Gasteiger partial charge in [-0.1, -0.05) is 78.7 Å². The number of aromatic nitrogens is 4. The van der Waals surface area contributed by atoms with Gasteiger partial charge < -0.3 is 79.0 Å². The Morgan fingerprint density at radius 3 is 1.11 bits per heavy atom. The van der Waals surface area contributed by atoms with Gasteiger partial charge in [-0.05, 0) is 35.7 Å². The van der Waals surface area contributed by atoms with E-state index in [2.05, 4.69) is 49.6 Å². The van der Waals surface area contributed by atoms with Crippen LogP contribution in [0.15, 0.2) is 60.7 Å². The Kier molecular flexibility index (Phi) is 38.5. The number of carbonyl (C=O) groups is 2. The first-order valence-electron chi connectivity index (χ1n) is 23.2. The monoisotopic (exact) mass is 1040 g/mol. The first-order chi connectivity index (χ1) is 34.8. The van der Waals surface area contributed by atoms with Crippen LogP contribution >= 0.6 is 23.2 Å². The number of benzene rings is 2. The number of carbonyl (C=O) groups excluding carboxylic acids is 2. The molecular formula is C48H72Cl2N8O13. The van der Waals surface area contributed by atoms with E-state index in [9.17, 15) is 9.59 Å². The summed E-state index contributed by atoms with van der Waals surface area (Å²) in [5.74, 6) is 0.876. The second kappa shape index (κ2) is 43.9. The smallest absolute Gasteiger partial charge is 0.224 e. The number of ether oxygens (including phenoxy) is 11. The van der Waals surface area contributed by atoms with E-state index in [-0.39, 0.29) is 22.2 Å². The molecule has 0 atom stereocenters. The van der Waals surface area contributed by atoms with Crippen LogP contribution in [0.25, 0.3) is 0 Å². The van der Waals surface area contributed by atoms with E-state index in [1.54, 1.807) is 0 Å². The summed E-state index contributed by atoms with van der Waals surface area (Å²) >= 11 is 11.5. The maximum Gasteiger partial charge on any atom is 0.224 e. The highest BCUT2D eigenvalue weighted by molar-refractivity contribution is 6.29. The van der Waals surface area contributed by atoms with Crippen molar-refractivity contribution in [3.05, 3.63) is 93.2 Å². The minimum absolute atomic E-state index is 0.0720. The molecule has 2 aromatic heterocycles. The molecule has 396 valence electrons. The van der Waals surface area contributed by atoms with Crippen LogP contribution in [0, 0.1) is 0 Å². The van der Waals surface area contributed by atoms with Gasteiger partial charge in [-0.2, -0.15) is 9.97 Å². The first kappa shape index (κ1) is 62.2. The van der Waals surface area contributed by atoms with Crippen molar-refractivity contribution in [1.29, 1.82) is 0 Å². The minimum atomic E-state index is 0.0720. The second-order valence-electron chi connectivity index (χ2n) is 14.5. The molecule has 0 saturated heterocycles. The van der Waals surface area contributed by atoms with Crippen molar-refractivity contribution in [2.24, 2.45) is 0 Å². The Morgan fingerprint density at radius 1 is 0.479 bits per heavy atom. The van der Waals surface area contributed by atoms with Crippen LogP contribution in [0.5, 0.6) is 11.8 Å². The average molecular weight is 1040 g/mol. The third-order valence-electron chi connectivity index (χ3n) is 8.67. The molecule has 0 fully saturated rings. The van der Waals surface area contributed by atoms with Gasteiger partial charge >= 0.3 is 0 Å². The minimum Gasteiger partial charge on any atom is -0.473 e. The molecule has 0 aliphatic carbocycles. The van der Waals surface area contributed by atoms with E-state index in [0.29, 0.717) is 157 Å². The summed E-state index contributed by atoms with van der Waals surface area (Å²) in [5, 5.41) is 6.20. The Labute approximate surface area is 427 Å². The zero-order chi connectivity index (χ0) is 51.3. The highest BCUT2D eigenvalue weighted by atomic mass is 35.5. The number of amides is 1. The van der Waals surface area contributed by atoms with Crippen molar-refractivity contribution in [2.45, 2.75) is 46.1 Å². The molecule has 23 heteroatoms. The van der Waals surface area contributed by atoms with Crippen LogP contribution in [0.1, 0.15) is 42.0 Å². The highest BCUT2D eigenvalue weighted by Gasteiger charge is 2.05. The lowest BCUT2D eigenvalue weighted by Gasteiger charge is -2.08. The maximum absolute atomic E-state index is 10.2. The third kappa shape index (κ3) is 35.8. The zero-order valence-corrected chi connectivity index (χ0v) is 42.4. The fraction of sp³-hybridized carbons (Fsp3) is 0.542. The standard InChI is InChI=1S/C22H44O10.C13H13ClN4O2.C13H15ClN4O/c1-2-5-24-7-9-26-11-13-28-15-17-30-19-21-32-22-20-31-18-16-29-14-12-27-10-8-25-6-3-4-23;14-11-5-12(18-13(15)17-11)20-7-10-3-1-9(2-4-10)6-16-8-19;1-16-7-9-2-4-10(5-3-9)8-19-12-6-11(14)17-13(15)18-12/h4H,2-3,5-22H2,1H3;1-5,8H,6-7H2,(H,16,19)(H2,15,17,18);2-6,16H,7-8H2,1H3,(H2,15,17,18). The Hall–Kier alpha value is -4.88. The van der Waals surface area contributed by atoms with Crippen molar-refractivity contribution in [2.75, 3.05) is 137 Å². The number of nitrogens with two attached hydrogens (primary N) is 2. The summed E-state index contributed by atoms with van der Waals surface area (Å²) in [6, 6.07) is 18.8. The average Bonchev–Trinajstić information content (AvgIpc) is 3.36. The second-order valence-corrected chi connectivity index (χ2v) is 15.3. The predicted molar refractivity (Wildman–Crippen MR) is 268 cm³/mol. The van der Waals surface area contributed by atoms with Crippen LogP contribution in [0.2, 0.25) is 10.3 Å². The number of hydrogen-bond acceptors (Lipinski definition) is 20. The van der Waals surface area contributed by atoms with Crippen LogP contribution in [0.4, 0.5) is 11.9 Å². The largest absolute Gasteiger partial charge is 0.473 e. The third-order valence-corrected chi connectivity index (χ3v) is 9.06. The van der Waals surface area contributed by atoms with E-state index in [0.717, 1.165) is 42.5 Å². The van der Waals surface area contributed by atoms with Gasteiger partial charge in [0.05, 0.1) is 112 Å². The topological polar surface area (TPSA) is 263 Å². The molecule has 71 heavy (non-hydrogen) atoms. The lowest BCUT2D eigenvalue weighted by molar-refractivity contribution is -0.110. The van der Waals surface area contributed by atoms with Crippen molar-refractivity contribution in [1.82, 2.24) is 30.6 Å². The number of aldehydes is 1. The van der Waals surface area contributed by atoms with Gasteiger partial charge in [0.25, 0.3) is 0 Å². The zero-order valence-electron chi connectivity index (χ0n) is 40.9. The number of anilines is 2. The summed E-state index contributed by atoms with van der Waals surface area (Å²) < 4.78 is 59.3. The molecule has 0 bridgehead atoms. The first-order valence-corrected chi connectivity index (χ1v) is 24.0. The molecule has 0 radical (unpaired) electrons. The normalized spacial score (nSPS) is 10.7. The number of halogens is 2. The predicted octanol–water partition coefficient (Wildman–Crippen LogP) is 4.68. The van der Waals surface area contributed by atoms with Crippen molar-refractivity contribution < 1.29 is 61.7 Å². The number of hydrogen-bond donors (Lipinski definition) is 4. The molecule has 0 spiro atoms. The fourth-order valence-electron chi connectivity index (χ4n) is 5.30. The summed E-state index contributed by atoms with van der Waals surface area (Å²) in [6.07, 6.45) is 2.95. The maximum atomic E-state index is 10.2. The highest BCUT2D eigenvalue weighted by Crippen LogP contribution is 2.17. The molecular weight excluding hydrogens is 967 g/mol. The molecule has 4 aromatic rings. The van der Waals surface area contributed by atoms with Crippen LogP contribution in [-0.4, -0.2) is 159 Å². The van der Waals surface area contributed by atoms with Crippen molar-refractivity contribution in [3.8, 4) is 11.8 Å². The van der Waals surface area contributed by atoms with Gasteiger partial charge in [0.15, 0.2) is 0 Å². The molecule has 21 nitrogen and oxygen atoms in total. The quantitative estimate of drug-likeness (QED) is 0.0268. The Morgan fingerprint density at radius 2 is 0.803 bits per heavy atom. The number of rotatable bonds is 40. The molecule has 2 aromatic carbocycles. The van der Waals surface area contributed by atoms with Gasteiger partial charge in [-0.25, -0.2) is 9.97 Å². The van der Waals surface area contributed by atoms with E-state index < -0.39 is 0 Å². The van der Waals surface area contributed by atoms with Gasteiger partial charge in [0, 0.05) is 38.2 Å². The molecule has 0 aliphatic rings. The lowest BCUT2D eigenvalue weighted by Crippen LogP contribution is -2.15. The lowest BCUT2D eigenvalue weighted by atomic mass is 10.1. The fourth-order valence-corrected chi connectivity index (χ4v) is 5.66. The molecule has 1 amide bonds. The van der Waals surface area contributed by atoms with Gasteiger partial charge in [-0.3, -0.25) is 4.79 Å². The van der Waals surface area contributed by atoms with E-state index in [1.165, 1.54) is 17.7 Å². The van der Waals surface area contributed by atoms with Gasteiger partial charge in [-0.15, -0.1) is 0 Å². The molecule has 2 heterocycles. The SMILES string of the molecule is CCCOCCOCCOCCOCCOCCOCCOCCOCCOCCC=O.CNCc1ccc(COc2cc(Cl)nc(N)n2)cc1.Nc1nc(Cl)cc(OCc2ccc(CNC=O)cc2)n1. The Bertz CT molecular complexity index is 1880. The Balaban J connectivity index is 0.000000382. The number of nitrogens with zero attached hydrogens (tertiary/aromatic N) is 4. The van der Waals surface area contributed by atoms with E-state index in [1.807, 2.05) is 43.4 Å². The van der Waals surface area contributed by atoms with Crippen molar-refractivity contribution >= 4 is 47.8 Å². The summed E-state index contributed by atoms with van der Waals surface area (Å²) in [5.41, 5.74) is 15.2. The van der Waals surface area contributed by atoms with Gasteiger partial charge in [0.1, 0.15) is 29.8 Å². The van der Waals surface area contributed by atoms with Crippen LogP contribution < -0.4 is 31.6 Å². The number of nitrogen functional groups attached to an aromatic ring is 2. The van der Waals surface area contributed by atoms with E-state index >= 15 is 0 Å². The molecule has 0 aliphatic heterocycles. The molecule has 0 saturated carbocycles. The summed E-state index contributed by atoms with van der Waals surface area (Å²) in [7, 11) is 1.92. The molecule has 6 N–H and O–H groups in total.